The lowest BCUT2D eigenvalue weighted by molar-refractivity contribution is 0.0946. The van der Waals surface area contributed by atoms with Crippen molar-refractivity contribution in [3.63, 3.8) is 0 Å². The van der Waals surface area contributed by atoms with Crippen LogP contribution in [0.2, 0.25) is 0 Å². The predicted octanol–water partition coefficient (Wildman–Crippen LogP) is 2.45. The molecule has 0 aliphatic rings. The number of carbonyl (C=O) groups is 1. The Morgan fingerprint density at radius 1 is 1.41 bits per heavy atom. The van der Waals surface area contributed by atoms with Gasteiger partial charge < -0.3 is 21.7 Å². The smallest absolute Gasteiger partial charge is 0.254 e. The van der Waals surface area contributed by atoms with Gasteiger partial charge in [-0.3, -0.25) is 4.79 Å². The van der Waals surface area contributed by atoms with Crippen molar-refractivity contribution in [1.82, 2.24) is 15.3 Å². The van der Waals surface area contributed by atoms with Crippen molar-refractivity contribution in [1.29, 1.82) is 0 Å². The number of alkyl halides is 1. The van der Waals surface area contributed by atoms with Crippen LogP contribution in [0.4, 0.5) is 20.4 Å². The molecule has 0 bridgehead atoms. The van der Waals surface area contributed by atoms with Gasteiger partial charge in [-0.05, 0) is 34.5 Å². The number of hydrogen-bond acceptors (Lipinski definition) is 6. The number of nitrogens with one attached hydrogen (secondary N) is 1. The minimum atomic E-state index is -0.922. The zero-order chi connectivity index (χ0) is 20.2. The molecule has 1 aromatic carbocycles. The second kappa shape index (κ2) is 9.06. The summed E-state index contributed by atoms with van der Waals surface area (Å²) in [6.45, 7) is 0.624. The number of aromatic nitrogens is 2. The summed E-state index contributed by atoms with van der Waals surface area (Å²) in [7, 11) is 1.83. The van der Waals surface area contributed by atoms with Crippen molar-refractivity contribution < 1.29 is 13.6 Å². The maximum absolute atomic E-state index is 13.7. The summed E-state index contributed by atoms with van der Waals surface area (Å²) in [6, 6.07) is 2.78. The molecule has 5 N–H and O–H groups in total. The summed E-state index contributed by atoms with van der Waals surface area (Å²) in [5.41, 5.74) is 11.7. The number of benzene rings is 1. The van der Waals surface area contributed by atoms with E-state index in [-0.39, 0.29) is 12.1 Å². The Labute approximate surface area is 177 Å². The van der Waals surface area contributed by atoms with E-state index in [0.29, 0.717) is 35.1 Å². The van der Waals surface area contributed by atoms with Crippen LogP contribution in [0.15, 0.2) is 29.0 Å². The topological polar surface area (TPSA) is 110 Å². The van der Waals surface area contributed by atoms with Crippen LogP contribution in [-0.4, -0.2) is 39.6 Å². The predicted molar refractivity (Wildman–Crippen MR) is 112 cm³/mol. The molecule has 1 unspecified atom stereocenters. The summed E-state index contributed by atoms with van der Waals surface area (Å²) in [5, 5.41) is 2.58. The first-order chi connectivity index (χ1) is 12.6. The third-order valence-electron chi connectivity index (χ3n) is 3.74. The molecule has 1 amide bonds. The Hall–Kier alpha value is -1.60. The van der Waals surface area contributed by atoms with E-state index in [2.05, 4.69) is 31.2 Å². The van der Waals surface area contributed by atoms with Gasteiger partial charge >= 0.3 is 0 Å². The fourth-order valence-corrected chi connectivity index (χ4v) is 3.12. The summed E-state index contributed by atoms with van der Waals surface area (Å²) < 4.78 is 26.4. The molecular formula is C16H18BrF2IN6O. The number of hydrogen-bond donors (Lipinski definition) is 3. The molecule has 1 atom stereocenters. The van der Waals surface area contributed by atoms with Crippen molar-refractivity contribution in [3.8, 4) is 0 Å². The highest BCUT2D eigenvalue weighted by Crippen LogP contribution is 2.27. The lowest BCUT2D eigenvalue weighted by atomic mass is 10.1. The van der Waals surface area contributed by atoms with E-state index in [0.717, 1.165) is 12.1 Å². The van der Waals surface area contributed by atoms with E-state index in [1.807, 2.05) is 34.5 Å². The Morgan fingerprint density at radius 2 is 2.11 bits per heavy atom. The molecule has 1 aromatic heterocycles. The first-order valence-electron chi connectivity index (χ1n) is 7.79. The third kappa shape index (κ3) is 5.94. The highest BCUT2D eigenvalue weighted by atomic mass is 127. The number of amides is 1. The summed E-state index contributed by atoms with van der Waals surface area (Å²) >= 11 is 5.37. The number of nitrogens with two attached hydrogens (primary N) is 2. The van der Waals surface area contributed by atoms with Gasteiger partial charge in [0, 0.05) is 26.2 Å². The number of nitrogen functional groups attached to an aromatic ring is 1. The lowest BCUT2D eigenvalue weighted by Gasteiger charge is -2.27. The molecule has 0 saturated heterocycles. The molecule has 1 heterocycles. The summed E-state index contributed by atoms with van der Waals surface area (Å²) in [6.07, 6.45) is 1.86. The van der Waals surface area contributed by atoms with Gasteiger partial charge in [0.25, 0.3) is 5.91 Å². The largest absolute Gasteiger partial charge is 0.383 e. The number of anilines is 2. The van der Waals surface area contributed by atoms with E-state index >= 15 is 0 Å². The standard InChI is InChI=1S/C16H18BrF2IN6O/c1-26(14-12(17)13(21)24-8-25-14)5-4-16(20,22)7-23-15(27)10-3-2-9(18)6-11(10)19/h2-3,6,8H,4-5,7,22H2,1H3,(H,23,27)(H2,21,24,25). The molecule has 0 spiro atoms. The lowest BCUT2D eigenvalue weighted by Crippen LogP contribution is -2.47. The average Bonchev–Trinajstić information content (AvgIpc) is 2.60. The fraction of sp³-hybridized carbons (Fsp3) is 0.312. The van der Waals surface area contributed by atoms with Crippen LogP contribution >= 0.6 is 38.5 Å². The van der Waals surface area contributed by atoms with Crippen molar-refractivity contribution in [3.05, 3.63) is 46.2 Å². The van der Waals surface area contributed by atoms with E-state index in [4.69, 9.17) is 11.5 Å². The molecule has 0 saturated carbocycles. The zero-order valence-electron chi connectivity index (χ0n) is 14.3. The van der Waals surface area contributed by atoms with E-state index < -0.39 is 21.1 Å². The quantitative estimate of drug-likeness (QED) is 0.275. The fourth-order valence-electron chi connectivity index (χ4n) is 2.18. The van der Waals surface area contributed by atoms with E-state index in [1.54, 1.807) is 0 Å². The van der Waals surface area contributed by atoms with Gasteiger partial charge in [-0.25, -0.2) is 18.7 Å². The molecule has 7 nitrogen and oxygen atoms in total. The first kappa shape index (κ1) is 21.7. The molecule has 146 valence electrons. The van der Waals surface area contributed by atoms with Crippen LogP contribution in [0.3, 0.4) is 0 Å². The zero-order valence-corrected chi connectivity index (χ0v) is 18.1. The molecule has 0 aliphatic heterocycles. The van der Waals surface area contributed by atoms with E-state index in [9.17, 15) is 13.6 Å². The Bertz CT molecular complexity index is 839. The van der Waals surface area contributed by atoms with Crippen molar-refractivity contribution in [2.75, 3.05) is 30.8 Å². The molecule has 11 heteroatoms. The molecule has 0 fully saturated rings. The monoisotopic (exact) mass is 554 g/mol. The van der Waals surface area contributed by atoms with Crippen molar-refractivity contribution >= 4 is 56.1 Å². The Kier molecular flexibility index (Phi) is 7.28. The van der Waals surface area contributed by atoms with Gasteiger partial charge in [-0.2, -0.15) is 0 Å². The molecule has 2 aromatic rings. The average molecular weight is 555 g/mol. The van der Waals surface area contributed by atoms with E-state index in [1.165, 1.54) is 6.33 Å². The first-order valence-corrected chi connectivity index (χ1v) is 9.66. The molecule has 0 radical (unpaired) electrons. The Morgan fingerprint density at radius 3 is 2.78 bits per heavy atom. The van der Waals surface area contributed by atoms with Gasteiger partial charge in [0.15, 0.2) is 0 Å². The summed E-state index contributed by atoms with van der Waals surface area (Å²) in [5.74, 6) is -1.38. The minimum Gasteiger partial charge on any atom is -0.383 e. The van der Waals surface area contributed by atoms with Crippen LogP contribution < -0.4 is 21.7 Å². The SMILES string of the molecule is CN(CCC(N)(I)CNC(=O)c1ccc(F)cc1F)c1ncnc(N)c1Br. The van der Waals surface area contributed by atoms with Gasteiger partial charge in [-0.15, -0.1) is 0 Å². The van der Waals surface area contributed by atoms with Gasteiger partial charge in [0.05, 0.1) is 9.11 Å². The van der Waals surface area contributed by atoms with Crippen LogP contribution in [0.25, 0.3) is 0 Å². The second-order valence-corrected chi connectivity index (χ2v) is 8.85. The molecular weight excluding hydrogens is 537 g/mol. The second-order valence-electron chi connectivity index (χ2n) is 5.91. The number of rotatable bonds is 7. The number of nitrogens with zero attached hydrogens (tertiary/aromatic N) is 3. The van der Waals surface area contributed by atoms with Crippen molar-refractivity contribution in [2.45, 2.75) is 9.97 Å². The highest BCUT2D eigenvalue weighted by molar-refractivity contribution is 14.1. The normalized spacial score (nSPS) is 13.1. The third-order valence-corrected chi connectivity index (χ3v) is 5.42. The van der Waals surface area contributed by atoms with Crippen LogP contribution in [0.5, 0.6) is 0 Å². The number of carbonyl (C=O) groups excluding carboxylic acids is 1. The molecule has 0 aliphatic carbocycles. The molecule has 2 rings (SSSR count). The molecule has 27 heavy (non-hydrogen) atoms. The Balaban J connectivity index is 1.92. The minimum absolute atomic E-state index is 0.101. The van der Waals surface area contributed by atoms with Crippen LogP contribution in [-0.2, 0) is 0 Å². The summed E-state index contributed by atoms with van der Waals surface area (Å²) in [4.78, 5) is 22.0. The maximum atomic E-state index is 13.7. The highest BCUT2D eigenvalue weighted by Gasteiger charge is 2.24. The maximum Gasteiger partial charge on any atom is 0.254 e. The number of halogens is 4. The van der Waals surface area contributed by atoms with Gasteiger partial charge in [-0.1, -0.05) is 22.6 Å². The van der Waals surface area contributed by atoms with Crippen molar-refractivity contribution in [2.24, 2.45) is 5.73 Å². The van der Waals surface area contributed by atoms with Crippen LogP contribution in [0.1, 0.15) is 16.8 Å². The van der Waals surface area contributed by atoms with Crippen LogP contribution in [0, 0.1) is 11.6 Å². The van der Waals surface area contributed by atoms with Gasteiger partial charge in [0.2, 0.25) is 0 Å². The van der Waals surface area contributed by atoms with Gasteiger partial charge in [0.1, 0.15) is 34.1 Å².